The average Bonchev–Trinajstić information content (AvgIpc) is 3.44. The zero-order valence-corrected chi connectivity index (χ0v) is 48.8. The number of aliphatic hydroxyl groups excluding tert-OH is 5. The molecule has 0 bridgehead atoms. The van der Waals surface area contributed by atoms with E-state index in [-0.39, 0.29) is 19.4 Å². The minimum Gasteiger partial charge on any atom is -0.454 e. The number of unbranched alkanes of at least 4 members (excludes halogenated alkanes) is 23. The summed E-state index contributed by atoms with van der Waals surface area (Å²) in [6, 6.07) is -1.04. The number of carbonyl (C=O) groups is 2. The number of rotatable bonds is 51. The van der Waals surface area contributed by atoms with Crippen LogP contribution in [0.3, 0.4) is 0 Å². The highest BCUT2D eigenvalue weighted by atomic mass is 16.7. The molecule has 442 valence electrons. The Morgan fingerprint density at radius 1 is 0.519 bits per heavy atom. The van der Waals surface area contributed by atoms with Crippen molar-refractivity contribution in [2.45, 2.75) is 294 Å². The third-order valence-electron chi connectivity index (χ3n) is 14.0. The van der Waals surface area contributed by atoms with Gasteiger partial charge in [-0.3, -0.25) is 9.59 Å². The Bertz CT molecular complexity index is 1620. The van der Waals surface area contributed by atoms with Crippen molar-refractivity contribution in [1.82, 2.24) is 5.32 Å². The Hall–Kier alpha value is -3.42. The molecule has 0 aromatic carbocycles. The van der Waals surface area contributed by atoms with Gasteiger partial charge in [-0.05, 0) is 89.9 Å². The lowest BCUT2D eigenvalue weighted by molar-refractivity contribution is -0.305. The van der Waals surface area contributed by atoms with Crippen molar-refractivity contribution >= 4 is 11.9 Å². The number of hydrogen-bond donors (Lipinski definition) is 6. The summed E-state index contributed by atoms with van der Waals surface area (Å²) in [5, 5.41) is 56.9. The predicted octanol–water partition coefficient (Wildman–Crippen LogP) is 14.7. The van der Waals surface area contributed by atoms with Crippen molar-refractivity contribution < 1.29 is 49.3 Å². The number of carbonyl (C=O) groups excluding carboxylic acids is 2. The zero-order valence-electron chi connectivity index (χ0n) is 48.8. The molecule has 1 fully saturated rings. The first-order valence-corrected chi connectivity index (χ1v) is 31.0. The van der Waals surface area contributed by atoms with Crippen LogP contribution in [0.25, 0.3) is 0 Å². The van der Waals surface area contributed by atoms with E-state index in [2.05, 4.69) is 99.0 Å². The summed E-state index contributed by atoms with van der Waals surface area (Å²) in [5.74, 6) is -1.28. The number of nitrogens with one attached hydrogen (secondary N) is 1. The van der Waals surface area contributed by atoms with Gasteiger partial charge in [0, 0.05) is 6.42 Å². The van der Waals surface area contributed by atoms with Gasteiger partial charge in [-0.15, -0.1) is 0 Å². The molecule has 0 aromatic rings. The van der Waals surface area contributed by atoms with Crippen LogP contribution in [0.5, 0.6) is 0 Å². The second-order valence-electron chi connectivity index (χ2n) is 21.0. The van der Waals surface area contributed by atoms with Crippen LogP contribution < -0.4 is 5.32 Å². The maximum absolute atomic E-state index is 13.4. The first-order valence-electron chi connectivity index (χ1n) is 31.0. The van der Waals surface area contributed by atoms with Gasteiger partial charge in [0.15, 0.2) is 12.4 Å². The van der Waals surface area contributed by atoms with E-state index in [9.17, 15) is 35.1 Å². The molecule has 11 heteroatoms. The van der Waals surface area contributed by atoms with Crippen LogP contribution in [0.15, 0.2) is 97.2 Å². The fourth-order valence-corrected chi connectivity index (χ4v) is 9.08. The molecule has 1 aliphatic heterocycles. The van der Waals surface area contributed by atoms with Gasteiger partial charge < -0.3 is 45.1 Å². The molecule has 1 rings (SSSR count). The lowest BCUT2D eigenvalue weighted by Crippen LogP contribution is -2.61. The van der Waals surface area contributed by atoms with Gasteiger partial charge in [0.05, 0.1) is 25.4 Å². The Morgan fingerprint density at radius 2 is 0.935 bits per heavy atom. The highest BCUT2D eigenvalue weighted by Gasteiger charge is 2.47. The first kappa shape index (κ1) is 71.6. The Balaban J connectivity index is 2.66. The number of amides is 1. The molecular weight excluding hydrogens is 967 g/mol. The van der Waals surface area contributed by atoms with E-state index in [1.54, 1.807) is 6.08 Å². The third-order valence-corrected chi connectivity index (χ3v) is 14.0. The minimum atomic E-state index is -1.64. The molecule has 0 aromatic heterocycles. The number of allylic oxidation sites excluding steroid dienone is 15. The van der Waals surface area contributed by atoms with Crippen LogP contribution in [0.1, 0.15) is 245 Å². The lowest BCUT2D eigenvalue weighted by Gasteiger charge is -2.41. The number of hydrogen-bond acceptors (Lipinski definition) is 10. The van der Waals surface area contributed by atoms with Crippen LogP contribution in [-0.4, -0.2) is 99.6 Å². The molecular formula is C66H113NO10. The van der Waals surface area contributed by atoms with Gasteiger partial charge >= 0.3 is 5.97 Å². The van der Waals surface area contributed by atoms with Gasteiger partial charge in [-0.25, -0.2) is 0 Å². The van der Waals surface area contributed by atoms with Crippen molar-refractivity contribution in [3.63, 3.8) is 0 Å². The van der Waals surface area contributed by atoms with Crippen LogP contribution in [0.2, 0.25) is 0 Å². The summed E-state index contributed by atoms with van der Waals surface area (Å²) in [6.45, 7) is 5.61. The standard InChI is InChI=1S/C66H113NO10/c1-4-7-10-13-16-19-22-24-25-26-27-28-29-30-31-32-33-34-36-38-41-44-47-50-53-59(70)65(74)67-57(58(69)52-49-46-43-40-37-21-18-15-12-9-6-3)56-75-66-64(63(73)62(72)60(55-68)76-66)77-61(71)54-51-48-45-42-39-35-23-20-17-14-11-8-5-2/h7,10,16,19,24-25,27-28,30-31,35,39,45,48-49,52,57-60,62-64,66,68-70,72-73H,4-6,8-9,11-15,17-18,20-23,26,29,32-34,36-38,40-44,46-47,50-51,53-56H2,1-3H3,(H,67,74)/b10-7-,19-16-,25-24-,28-27-,31-30-,39-35-,48-45+,52-49+. The van der Waals surface area contributed by atoms with Gasteiger partial charge in [0.2, 0.25) is 5.91 Å². The van der Waals surface area contributed by atoms with E-state index in [1.807, 2.05) is 18.2 Å². The van der Waals surface area contributed by atoms with Crippen molar-refractivity contribution in [3.05, 3.63) is 97.2 Å². The van der Waals surface area contributed by atoms with Gasteiger partial charge in [0.25, 0.3) is 0 Å². The fourth-order valence-electron chi connectivity index (χ4n) is 9.08. The summed E-state index contributed by atoms with van der Waals surface area (Å²) in [7, 11) is 0. The second-order valence-corrected chi connectivity index (χ2v) is 21.0. The highest BCUT2D eigenvalue weighted by molar-refractivity contribution is 5.80. The van der Waals surface area contributed by atoms with E-state index in [4.69, 9.17) is 14.2 Å². The topological polar surface area (TPSA) is 175 Å². The maximum atomic E-state index is 13.4. The quantitative estimate of drug-likeness (QED) is 0.0195. The summed E-state index contributed by atoms with van der Waals surface area (Å²) in [6.07, 6.45) is 60.4. The summed E-state index contributed by atoms with van der Waals surface area (Å²) >= 11 is 0. The fraction of sp³-hybridized carbons (Fsp3) is 0.727. The van der Waals surface area contributed by atoms with E-state index in [1.165, 1.54) is 96.3 Å². The molecule has 11 nitrogen and oxygen atoms in total. The molecule has 1 heterocycles. The molecule has 8 unspecified atom stereocenters. The number of aliphatic hydroxyl groups is 5. The Morgan fingerprint density at radius 3 is 1.40 bits per heavy atom. The Labute approximate surface area is 469 Å². The van der Waals surface area contributed by atoms with Crippen molar-refractivity contribution in [1.29, 1.82) is 0 Å². The van der Waals surface area contributed by atoms with Crippen molar-refractivity contribution in [2.75, 3.05) is 13.2 Å². The molecule has 1 saturated heterocycles. The molecule has 6 N–H and O–H groups in total. The summed E-state index contributed by atoms with van der Waals surface area (Å²) in [4.78, 5) is 26.5. The van der Waals surface area contributed by atoms with E-state index >= 15 is 0 Å². The first-order chi connectivity index (χ1) is 37.7. The van der Waals surface area contributed by atoms with Gasteiger partial charge in [0.1, 0.15) is 24.4 Å². The maximum Gasteiger partial charge on any atom is 0.306 e. The van der Waals surface area contributed by atoms with Crippen molar-refractivity contribution in [2.24, 2.45) is 0 Å². The Kier molecular flexibility index (Phi) is 49.5. The van der Waals surface area contributed by atoms with Gasteiger partial charge in [-0.2, -0.15) is 0 Å². The third kappa shape index (κ3) is 41.3. The molecule has 1 aliphatic rings. The van der Waals surface area contributed by atoms with Crippen molar-refractivity contribution in [3.8, 4) is 0 Å². The zero-order chi connectivity index (χ0) is 56.1. The molecule has 8 atom stereocenters. The molecule has 0 aliphatic carbocycles. The molecule has 77 heavy (non-hydrogen) atoms. The van der Waals surface area contributed by atoms with E-state index in [0.717, 1.165) is 103 Å². The highest BCUT2D eigenvalue weighted by Crippen LogP contribution is 2.26. The average molecular weight is 1080 g/mol. The normalized spacial score (nSPS) is 19.7. The number of ether oxygens (including phenoxy) is 3. The predicted molar refractivity (Wildman–Crippen MR) is 319 cm³/mol. The van der Waals surface area contributed by atoms with Crippen LogP contribution in [-0.2, 0) is 23.8 Å². The second kappa shape index (κ2) is 53.2. The summed E-state index contributed by atoms with van der Waals surface area (Å²) in [5.41, 5.74) is 0. The molecule has 0 radical (unpaired) electrons. The summed E-state index contributed by atoms with van der Waals surface area (Å²) < 4.78 is 17.5. The molecule has 0 spiro atoms. The van der Waals surface area contributed by atoms with Crippen LogP contribution in [0, 0.1) is 0 Å². The minimum absolute atomic E-state index is 0.0133. The van der Waals surface area contributed by atoms with Crippen LogP contribution in [0.4, 0.5) is 0 Å². The SMILES string of the molecule is CC/C=C\C/C=C\C/C=C\C/C=C\C/C=C\CCCCCCCCCCC(O)C(=O)NC(COC1OC(CO)C(O)C(O)C1OC(=O)CC/C=C/C/C=C\CCCCCCCC)C(O)/C=C/CCCCCCCCCCC. The lowest BCUT2D eigenvalue weighted by atomic mass is 9.99. The van der Waals surface area contributed by atoms with E-state index < -0.39 is 67.4 Å². The van der Waals surface area contributed by atoms with Gasteiger partial charge in [-0.1, -0.05) is 246 Å². The number of esters is 1. The largest absolute Gasteiger partial charge is 0.454 e. The van der Waals surface area contributed by atoms with E-state index in [0.29, 0.717) is 12.8 Å². The molecule has 0 saturated carbocycles. The monoisotopic (exact) mass is 1080 g/mol. The molecule has 1 amide bonds. The van der Waals surface area contributed by atoms with Crippen LogP contribution >= 0.6 is 0 Å². The smallest absolute Gasteiger partial charge is 0.306 e.